The van der Waals surface area contributed by atoms with Crippen LogP contribution in [-0.2, 0) is 4.79 Å². The first-order valence-corrected chi connectivity index (χ1v) is 8.46. The number of nitrogens with one attached hydrogen (secondary N) is 1. The first kappa shape index (κ1) is 17.1. The maximum atomic E-state index is 10.6. The van der Waals surface area contributed by atoms with Gasteiger partial charge < -0.3 is 16.2 Å². The van der Waals surface area contributed by atoms with Gasteiger partial charge in [-0.05, 0) is 55.5 Å². The van der Waals surface area contributed by atoms with Gasteiger partial charge in [-0.2, -0.15) is 0 Å². The highest BCUT2D eigenvalue weighted by Crippen LogP contribution is 2.23. The van der Waals surface area contributed by atoms with Crippen molar-refractivity contribution in [1.82, 2.24) is 9.97 Å². The SMILES string of the molecule is NC1CCC(Nc2cccc(-c3cncc(C=CC(=O)O)c3)n2)CC1. The summed E-state index contributed by atoms with van der Waals surface area (Å²) < 4.78 is 0. The molecule has 6 nitrogen and oxygen atoms in total. The van der Waals surface area contributed by atoms with E-state index in [2.05, 4.69) is 15.3 Å². The highest BCUT2D eigenvalue weighted by Gasteiger charge is 2.18. The number of nitrogens with two attached hydrogens (primary N) is 1. The van der Waals surface area contributed by atoms with Crippen molar-refractivity contribution in [2.45, 2.75) is 37.8 Å². The van der Waals surface area contributed by atoms with Crippen LogP contribution in [0.2, 0.25) is 0 Å². The van der Waals surface area contributed by atoms with Crippen LogP contribution in [0.3, 0.4) is 0 Å². The third-order valence-corrected chi connectivity index (χ3v) is 4.35. The number of rotatable bonds is 5. The predicted molar refractivity (Wildman–Crippen MR) is 98.0 cm³/mol. The van der Waals surface area contributed by atoms with Crippen LogP contribution in [0.5, 0.6) is 0 Å². The molecule has 2 aromatic rings. The van der Waals surface area contributed by atoms with E-state index in [4.69, 9.17) is 10.8 Å². The lowest BCUT2D eigenvalue weighted by Crippen LogP contribution is -2.33. The highest BCUT2D eigenvalue weighted by atomic mass is 16.4. The average molecular weight is 338 g/mol. The van der Waals surface area contributed by atoms with Crippen LogP contribution in [-0.4, -0.2) is 33.1 Å². The summed E-state index contributed by atoms with van der Waals surface area (Å²) in [5.74, 6) is -0.147. The molecule has 0 radical (unpaired) electrons. The van der Waals surface area contributed by atoms with E-state index in [9.17, 15) is 4.79 Å². The largest absolute Gasteiger partial charge is 0.478 e. The molecule has 4 N–H and O–H groups in total. The van der Waals surface area contributed by atoms with Crippen molar-refractivity contribution < 1.29 is 9.90 Å². The Bertz CT molecular complexity index is 768. The van der Waals surface area contributed by atoms with Crippen molar-refractivity contribution >= 4 is 17.9 Å². The van der Waals surface area contributed by atoms with E-state index < -0.39 is 5.97 Å². The molecule has 0 amide bonds. The van der Waals surface area contributed by atoms with Crippen LogP contribution >= 0.6 is 0 Å². The number of carbonyl (C=O) groups is 1. The van der Waals surface area contributed by atoms with Gasteiger partial charge >= 0.3 is 5.97 Å². The third kappa shape index (κ3) is 4.87. The number of hydrogen-bond donors (Lipinski definition) is 3. The Morgan fingerprint density at radius 3 is 2.80 bits per heavy atom. The van der Waals surface area contributed by atoms with Crippen molar-refractivity contribution in [3.63, 3.8) is 0 Å². The number of aromatic nitrogens is 2. The van der Waals surface area contributed by atoms with E-state index in [0.717, 1.165) is 54.4 Å². The summed E-state index contributed by atoms with van der Waals surface area (Å²) in [6, 6.07) is 8.44. The van der Waals surface area contributed by atoms with Crippen LogP contribution in [0.4, 0.5) is 5.82 Å². The summed E-state index contributed by atoms with van der Waals surface area (Å²) in [6.45, 7) is 0. The molecule has 2 heterocycles. The lowest BCUT2D eigenvalue weighted by atomic mass is 9.92. The second kappa shape index (κ2) is 7.90. The number of carboxylic acid groups (broad SMARTS) is 1. The fourth-order valence-electron chi connectivity index (χ4n) is 3.01. The van der Waals surface area contributed by atoms with Crippen molar-refractivity contribution in [3.8, 4) is 11.3 Å². The number of carboxylic acids is 1. The third-order valence-electron chi connectivity index (χ3n) is 4.35. The molecule has 1 aliphatic rings. The van der Waals surface area contributed by atoms with E-state index in [-0.39, 0.29) is 0 Å². The van der Waals surface area contributed by atoms with E-state index >= 15 is 0 Å². The van der Waals surface area contributed by atoms with Gasteiger partial charge in [0, 0.05) is 36.1 Å². The lowest BCUT2D eigenvalue weighted by molar-refractivity contribution is -0.131. The molecule has 2 aromatic heterocycles. The number of anilines is 1. The Kier molecular flexibility index (Phi) is 5.40. The summed E-state index contributed by atoms with van der Waals surface area (Å²) in [6.07, 6.45) is 10.2. The average Bonchev–Trinajstić information content (AvgIpc) is 2.62. The zero-order valence-electron chi connectivity index (χ0n) is 13.9. The minimum atomic E-state index is -0.984. The molecule has 0 saturated heterocycles. The minimum absolute atomic E-state index is 0.324. The van der Waals surface area contributed by atoms with Gasteiger partial charge in [0.2, 0.25) is 0 Å². The Morgan fingerprint density at radius 1 is 1.24 bits per heavy atom. The molecule has 0 atom stereocenters. The molecule has 0 aromatic carbocycles. The van der Waals surface area contributed by atoms with E-state index in [0.29, 0.717) is 12.1 Å². The molecule has 130 valence electrons. The van der Waals surface area contributed by atoms with Crippen molar-refractivity contribution in [2.24, 2.45) is 5.73 Å². The first-order chi connectivity index (χ1) is 12.1. The van der Waals surface area contributed by atoms with Crippen LogP contribution in [0, 0.1) is 0 Å². The van der Waals surface area contributed by atoms with Gasteiger partial charge in [0.15, 0.2) is 0 Å². The quantitative estimate of drug-likeness (QED) is 0.725. The topological polar surface area (TPSA) is 101 Å². The zero-order chi connectivity index (χ0) is 17.6. The summed E-state index contributed by atoms with van der Waals surface area (Å²) in [5.41, 5.74) is 8.33. The smallest absolute Gasteiger partial charge is 0.328 e. The fraction of sp³-hybridized carbons (Fsp3) is 0.316. The van der Waals surface area contributed by atoms with E-state index in [1.807, 2.05) is 24.3 Å². The van der Waals surface area contributed by atoms with Gasteiger partial charge in [-0.3, -0.25) is 4.98 Å². The zero-order valence-corrected chi connectivity index (χ0v) is 13.9. The maximum Gasteiger partial charge on any atom is 0.328 e. The Morgan fingerprint density at radius 2 is 2.04 bits per heavy atom. The van der Waals surface area contributed by atoms with Crippen molar-refractivity contribution in [1.29, 1.82) is 0 Å². The second-order valence-corrected chi connectivity index (χ2v) is 6.34. The van der Waals surface area contributed by atoms with Gasteiger partial charge in [0.05, 0.1) is 5.69 Å². The van der Waals surface area contributed by atoms with Gasteiger partial charge in [-0.1, -0.05) is 6.07 Å². The van der Waals surface area contributed by atoms with E-state index in [1.165, 1.54) is 6.08 Å². The molecule has 25 heavy (non-hydrogen) atoms. The molecule has 1 aliphatic carbocycles. The predicted octanol–water partition coefficient (Wildman–Crippen LogP) is 2.92. The Labute approximate surface area is 146 Å². The molecular weight excluding hydrogens is 316 g/mol. The van der Waals surface area contributed by atoms with Crippen LogP contribution in [0.25, 0.3) is 17.3 Å². The van der Waals surface area contributed by atoms with Crippen LogP contribution < -0.4 is 11.1 Å². The molecular formula is C19H22N4O2. The van der Waals surface area contributed by atoms with Gasteiger partial charge in [-0.15, -0.1) is 0 Å². The normalized spacial score (nSPS) is 20.5. The maximum absolute atomic E-state index is 10.6. The standard InChI is InChI=1S/C19H22N4O2/c20-15-5-7-16(8-6-15)22-18-3-1-2-17(23-18)14-10-13(11-21-12-14)4-9-19(24)25/h1-4,9-12,15-16H,5-8,20H2,(H,22,23)(H,24,25). The van der Waals surface area contributed by atoms with Crippen LogP contribution in [0.1, 0.15) is 31.2 Å². The van der Waals surface area contributed by atoms with E-state index in [1.54, 1.807) is 12.4 Å². The van der Waals surface area contributed by atoms with Gasteiger partial charge in [0.25, 0.3) is 0 Å². The summed E-state index contributed by atoms with van der Waals surface area (Å²) in [4.78, 5) is 19.5. The second-order valence-electron chi connectivity index (χ2n) is 6.34. The molecule has 0 bridgehead atoms. The van der Waals surface area contributed by atoms with Crippen molar-refractivity contribution in [2.75, 3.05) is 5.32 Å². The summed E-state index contributed by atoms with van der Waals surface area (Å²) >= 11 is 0. The highest BCUT2D eigenvalue weighted by molar-refractivity contribution is 5.85. The molecule has 1 fully saturated rings. The molecule has 0 aliphatic heterocycles. The summed E-state index contributed by atoms with van der Waals surface area (Å²) in [5, 5.41) is 12.2. The molecule has 6 heteroatoms. The number of aliphatic carboxylic acids is 1. The number of hydrogen-bond acceptors (Lipinski definition) is 5. The Hall–Kier alpha value is -2.73. The number of nitrogens with zero attached hydrogens (tertiary/aromatic N) is 2. The molecule has 3 rings (SSSR count). The molecule has 1 saturated carbocycles. The van der Waals surface area contributed by atoms with Crippen LogP contribution in [0.15, 0.2) is 42.7 Å². The first-order valence-electron chi connectivity index (χ1n) is 8.46. The van der Waals surface area contributed by atoms with Gasteiger partial charge in [0.1, 0.15) is 5.82 Å². The lowest BCUT2D eigenvalue weighted by Gasteiger charge is -2.27. The fourth-order valence-corrected chi connectivity index (χ4v) is 3.01. The summed E-state index contributed by atoms with van der Waals surface area (Å²) in [7, 11) is 0. The monoisotopic (exact) mass is 338 g/mol. The Balaban J connectivity index is 1.75. The number of pyridine rings is 2. The molecule has 0 spiro atoms. The van der Waals surface area contributed by atoms with Crippen molar-refractivity contribution in [3.05, 3.63) is 48.3 Å². The molecule has 0 unspecified atom stereocenters. The van der Waals surface area contributed by atoms with Gasteiger partial charge in [-0.25, -0.2) is 9.78 Å². The minimum Gasteiger partial charge on any atom is -0.478 e.